The fourth-order valence-corrected chi connectivity index (χ4v) is 4.42. The highest BCUT2D eigenvalue weighted by molar-refractivity contribution is 6.46. The smallest absolute Gasteiger partial charge is 0.295 e. The van der Waals surface area contributed by atoms with Crippen LogP contribution < -0.4 is 0 Å². The predicted molar refractivity (Wildman–Crippen MR) is 124 cm³/mol. The van der Waals surface area contributed by atoms with Gasteiger partial charge in [-0.25, -0.2) is 0 Å². The van der Waals surface area contributed by atoms with E-state index in [-0.39, 0.29) is 11.3 Å². The first kappa shape index (κ1) is 19.8. The second-order valence-corrected chi connectivity index (χ2v) is 7.88. The highest BCUT2D eigenvalue weighted by atomic mass is 16.3. The van der Waals surface area contributed by atoms with E-state index in [4.69, 9.17) is 0 Å². The van der Waals surface area contributed by atoms with Crippen molar-refractivity contribution in [3.63, 3.8) is 0 Å². The van der Waals surface area contributed by atoms with E-state index >= 15 is 0 Å². The topological polar surface area (TPSA) is 73.4 Å². The Hall–Kier alpha value is -4.12. The van der Waals surface area contributed by atoms with E-state index in [1.54, 1.807) is 29.2 Å². The molecular formula is C27H22N2O3. The van der Waals surface area contributed by atoms with E-state index in [0.717, 1.165) is 22.0 Å². The van der Waals surface area contributed by atoms with Gasteiger partial charge in [-0.15, -0.1) is 0 Å². The number of likely N-dealkylation sites (tertiary alicyclic amines) is 1. The molecule has 1 atom stereocenters. The molecule has 5 rings (SSSR count). The summed E-state index contributed by atoms with van der Waals surface area (Å²) >= 11 is 0. The molecule has 1 aromatic heterocycles. The van der Waals surface area contributed by atoms with Gasteiger partial charge in [0, 0.05) is 29.2 Å². The number of para-hydroxylation sites is 1. The van der Waals surface area contributed by atoms with E-state index in [1.165, 1.54) is 0 Å². The maximum absolute atomic E-state index is 13.1. The minimum absolute atomic E-state index is 0.131. The molecule has 1 fully saturated rings. The summed E-state index contributed by atoms with van der Waals surface area (Å²) in [5.41, 5.74) is 3.56. The number of benzene rings is 3. The van der Waals surface area contributed by atoms with Gasteiger partial charge in [-0.05, 0) is 23.6 Å². The fourth-order valence-electron chi connectivity index (χ4n) is 4.42. The molecule has 3 aromatic carbocycles. The lowest BCUT2D eigenvalue weighted by Gasteiger charge is -2.25. The van der Waals surface area contributed by atoms with Gasteiger partial charge in [-0.2, -0.15) is 0 Å². The van der Waals surface area contributed by atoms with Gasteiger partial charge >= 0.3 is 0 Å². The molecule has 2 heterocycles. The van der Waals surface area contributed by atoms with Crippen LogP contribution in [0.5, 0.6) is 0 Å². The van der Waals surface area contributed by atoms with Gasteiger partial charge < -0.3 is 15.0 Å². The van der Waals surface area contributed by atoms with Crippen LogP contribution in [0.1, 0.15) is 22.7 Å². The van der Waals surface area contributed by atoms with Crippen molar-refractivity contribution in [1.29, 1.82) is 0 Å². The average molecular weight is 422 g/mol. The zero-order valence-corrected chi connectivity index (χ0v) is 17.4. The summed E-state index contributed by atoms with van der Waals surface area (Å²) in [4.78, 5) is 31.0. The number of nitrogens with zero attached hydrogens (tertiary/aromatic N) is 1. The maximum Gasteiger partial charge on any atom is 0.295 e. The molecule has 1 amide bonds. The number of rotatable bonds is 5. The molecule has 5 nitrogen and oxygen atoms in total. The Bertz CT molecular complexity index is 1320. The number of carbonyl (C=O) groups excluding carboxylic acids is 2. The molecular weight excluding hydrogens is 400 g/mol. The Morgan fingerprint density at radius 3 is 2.28 bits per heavy atom. The van der Waals surface area contributed by atoms with Crippen LogP contribution >= 0.6 is 0 Å². The van der Waals surface area contributed by atoms with Crippen molar-refractivity contribution in [3.05, 3.63) is 113 Å². The molecule has 0 radical (unpaired) electrons. The Morgan fingerprint density at radius 1 is 0.875 bits per heavy atom. The molecule has 1 aliphatic heterocycles. The highest BCUT2D eigenvalue weighted by Crippen LogP contribution is 2.39. The quantitative estimate of drug-likeness (QED) is 0.275. The third-order valence-corrected chi connectivity index (χ3v) is 6.00. The zero-order valence-electron chi connectivity index (χ0n) is 17.4. The zero-order chi connectivity index (χ0) is 22.1. The predicted octanol–water partition coefficient (Wildman–Crippen LogP) is 4.83. The second-order valence-electron chi connectivity index (χ2n) is 7.88. The molecule has 4 aromatic rings. The molecule has 32 heavy (non-hydrogen) atoms. The number of ketones is 1. The van der Waals surface area contributed by atoms with Crippen molar-refractivity contribution in [2.45, 2.75) is 12.5 Å². The lowest BCUT2D eigenvalue weighted by atomic mass is 9.95. The molecule has 1 aliphatic rings. The Morgan fingerprint density at radius 2 is 1.53 bits per heavy atom. The minimum Gasteiger partial charge on any atom is -0.507 e. The van der Waals surface area contributed by atoms with Gasteiger partial charge in [0.1, 0.15) is 5.76 Å². The van der Waals surface area contributed by atoms with Crippen molar-refractivity contribution in [2.24, 2.45) is 0 Å². The summed E-state index contributed by atoms with van der Waals surface area (Å²) in [6.07, 6.45) is 2.54. The number of carbonyl (C=O) groups is 2. The molecule has 0 spiro atoms. The van der Waals surface area contributed by atoms with Gasteiger partial charge in [-0.1, -0.05) is 78.9 Å². The van der Waals surface area contributed by atoms with Gasteiger partial charge in [0.25, 0.3) is 11.7 Å². The summed E-state index contributed by atoms with van der Waals surface area (Å²) in [5, 5.41) is 12.1. The normalized spacial score (nSPS) is 17.9. The minimum atomic E-state index is -0.654. The van der Waals surface area contributed by atoms with E-state index in [2.05, 4.69) is 4.98 Å². The molecule has 158 valence electrons. The number of H-pyrrole nitrogens is 1. The third-order valence-electron chi connectivity index (χ3n) is 6.00. The van der Waals surface area contributed by atoms with Crippen LogP contribution in [0.25, 0.3) is 16.7 Å². The summed E-state index contributed by atoms with van der Waals surface area (Å²) in [6, 6.07) is 25.7. The Kier molecular flexibility index (Phi) is 5.07. The number of nitrogens with one attached hydrogen (secondary N) is 1. The number of hydrogen-bond acceptors (Lipinski definition) is 3. The Labute approximate surface area is 185 Å². The molecule has 0 unspecified atom stereocenters. The molecule has 0 saturated carbocycles. The first-order valence-electron chi connectivity index (χ1n) is 10.6. The van der Waals surface area contributed by atoms with Crippen LogP contribution in [0.15, 0.2) is 96.7 Å². The van der Waals surface area contributed by atoms with Crippen LogP contribution in [0, 0.1) is 0 Å². The number of aromatic amines is 1. The van der Waals surface area contributed by atoms with Crippen LogP contribution in [-0.4, -0.2) is 33.2 Å². The standard InChI is InChI=1S/C27H22N2O3/c30-25(19-11-5-2-6-12-19)23-24(18-9-3-1-4-10-18)29(27(32)26(23)31)16-15-20-17-28-22-14-8-7-13-21(20)22/h1-14,17,24,28,30H,15-16H2/b25-23+/t24-/m0/s1. The molecule has 2 N–H and O–H groups in total. The number of fused-ring (bicyclic) bond motifs is 1. The molecule has 0 bridgehead atoms. The van der Waals surface area contributed by atoms with Crippen molar-refractivity contribution in [3.8, 4) is 0 Å². The van der Waals surface area contributed by atoms with Crippen LogP contribution in [0.2, 0.25) is 0 Å². The monoisotopic (exact) mass is 422 g/mol. The molecule has 0 aliphatic carbocycles. The van der Waals surface area contributed by atoms with Gasteiger partial charge in [0.05, 0.1) is 11.6 Å². The summed E-state index contributed by atoms with van der Waals surface area (Å²) in [7, 11) is 0. The third kappa shape index (κ3) is 3.38. The lowest BCUT2D eigenvalue weighted by Crippen LogP contribution is -2.31. The fraction of sp³-hybridized carbons (Fsp3) is 0.111. The van der Waals surface area contributed by atoms with Crippen molar-refractivity contribution < 1.29 is 14.7 Å². The van der Waals surface area contributed by atoms with Crippen molar-refractivity contribution in [2.75, 3.05) is 6.54 Å². The molecule has 1 saturated heterocycles. The SMILES string of the molecule is O=C1C(=O)N(CCc2c[nH]c3ccccc23)[C@@H](c2ccccc2)/C1=C(\O)c1ccccc1. The summed E-state index contributed by atoms with van der Waals surface area (Å²) in [6.45, 7) is 0.359. The maximum atomic E-state index is 13.1. The second kappa shape index (κ2) is 8.19. The number of aliphatic hydroxyl groups excluding tert-OH is 1. The first-order chi connectivity index (χ1) is 15.6. The van der Waals surface area contributed by atoms with E-state index in [9.17, 15) is 14.7 Å². The van der Waals surface area contributed by atoms with E-state index in [0.29, 0.717) is 18.5 Å². The van der Waals surface area contributed by atoms with Crippen molar-refractivity contribution >= 4 is 28.4 Å². The van der Waals surface area contributed by atoms with E-state index in [1.807, 2.05) is 66.9 Å². The van der Waals surface area contributed by atoms with Crippen LogP contribution in [-0.2, 0) is 16.0 Å². The average Bonchev–Trinajstić information content (AvgIpc) is 3.37. The van der Waals surface area contributed by atoms with Crippen molar-refractivity contribution in [1.82, 2.24) is 9.88 Å². The highest BCUT2D eigenvalue weighted by Gasteiger charge is 2.45. The van der Waals surface area contributed by atoms with Gasteiger partial charge in [-0.3, -0.25) is 9.59 Å². The number of aromatic nitrogens is 1. The number of aliphatic hydroxyl groups is 1. The number of amides is 1. The summed E-state index contributed by atoms with van der Waals surface area (Å²) in [5.74, 6) is -1.39. The van der Waals surface area contributed by atoms with Crippen LogP contribution in [0.4, 0.5) is 0 Å². The van der Waals surface area contributed by atoms with Gasteiger partial charge in [0.15, 0.2) is 0 Å². The number of Topliss-reactive ketones (excluding diaryl/α,β-unsaturated/α-hetero) is 1. The Balaban J connectivity index is 1.55. The summed E-state index contributed by atoms with van der Waals surface area (Å²) < 4.78 is 0. The largest absolute Gasteiger partial charge is 0.507 e. The lowest BCUT2D eigenvalue weighted by molar-refractivity contribution is -0.139. The van der Waals surface area contributed by atoms with Gasteiger partial charge in [0.2, 0.25) is 0 Å². The first-order valence-corrected chi connectivity index (χ1v) is 10.6. The number of hydrogen-bond donors (Lipinski definition) is 2. The molecule has 5 heteroatoms. The van der Waals surface area contributed by atoms with E-state index < -0.39 is 17.7 Å². The van der Waals surface area contributed by atoms with Crippen LogP contribution in [0.3, 0.4) is 0 Å².